The molecule has 2 aromatic rings. The van der Waals surface area contributed by atoms with Gasteiger partial charge in [0.25, 0.3) is 0 Å². The number of imidazole rings is 1. The maximum absolute atomic E-state index is 9.66. The molecule has 1 aliphatic rings. The highest BCUT2D eigenvalue weighted by molar-refractivity contribution is 5.56. The van der Waals surface area contributed by atoms with Crippen molar-refractivity contribution in [3.05, 3.63) is 30.1 Å². The third-order valence-corrected chi connectivity index (χ3v) is 4.07. The molecule has 3 heterocycles. The molecule has 2 aromatic heterocycles. The number of nitrogens with zero attached hydrogens (tertiary/aromatic N) is 3. The number of pyridine rings is 1. The number of hydrogen-bond acceptors (Lipinski definition) is 4. The van der Waals surface area contributed by atoms with Gasteiger partial charge in [-0.1, -0.05) is 6.07 Å². The Bertz CT molecular complexity index is 574. The van der Waals surface area contributed by atoms with Crippen LogP contribution in [0.3, 0.4) is 0 Å². The van der Waals surface area contributed by atoms with Crippen LogP contribution in [0.5, 0.6) is 0 Å². The summed E-state index contributed by atoms with van der Waals surface area (Å²) in [5.74, 6) is 1.57. The van der Waals surface area contributed by atoms with Crippen molar-refractivity contribution in [2.45, 2.75) is 19.4 Å². The molecule has 0 aromatic carbocycles. The lowest BCUT2D eigenvalue weighted by Crippen LogP contribution is -2.35. The minimum absolute atomic E-state index is 0.0124. The molecule has 0 amide bonds. The van der Waals surface area contributed by atoms with Crippen molar-refractivity contribution in [2.24, 2.45) is 5.92 Å². The molecule has 1 saturated heterocycles. The highest BCUT2D eigenvalue weighted by Crippen LogP contribution is 2.27. The van der Waals surface area contributed by atoms with Crippen LogP contribution in [0.15, 0.2) is 24.4 Å². The number of fused-ring (bicyclic) bond motifs is 1. The minimum Gasteiger partial charge on any atom is -0.390 e. The lowest BCUT2D eigenvalue weighted by molar-refractivity contribution is 0.139. The Labute approximate surface area is 118 Å². The average Bonchev–Trinajstić information content (AvgIpc) is 2.87. The first-order valence-electron chi connectivity index (χ1n) is 7.14. The van der Waals surface area contributed by atoms with Crippen LogP contribution >= 0.6 is 0 Å². The van der Waals surface area contributed by atoms with Crippen molar-refractivity contribution in [1.29, 1.82) is 0 Å². The lowest BCUT2D eigenvalue weighted by atomic mass is 9.98. The third kappa shape index (κ3) is 2.39. The van der Waals surface area contributed by atoms with Crippen LogP contribution in [-0.2, 0) is 11.3 Å². The molecule has 1 fully saturated rings. The first-order chi connectivity index (χ1) is 9.83. The SMILES string of the molecule is COCC1CCN(c2nc3ccccn3c2CO)CC1. The Morgan fingerprint density at radius 3 is 2.85 bits per heavy atom. The van der Waals surface area contributed by atoms with Gasteiger partial charge in [-0.3, -0.25) is 4.40 Å². The van der Waals surface area contributed by atoms with Gasteiger partial charge in [0.15, 0.2) is 5.82 Å². The molecule has 5 nitrogen and oxygen atoms in total. The first-order valence-corrected chi connectivity index (χ1v) is 7.14. The Hall–Kier alpha value is -1.59. The van der Waals surface area contributed by atoms with Crippen LogP contribution in [0.25, 0.3) is 5.65 Å². The Balaban J connectivity index is 1.84. The molecule has 0 unspecified atom stereocenters. The zero-order valence-corrected chi connectivity index (χ0v) is 11.8. The maximum Gasteiger partial charge on any atom is 0.153 e. The predicted octanol–water partition coefficient (Wildman–Crippen LogP) is 1.69. The molecule has 0 aliphatic carbocycles. The number of aliphatic hydroxyl groups excluding tert-OH is 1. The molecule has 0 atom stereocenters. The summed E-state index contributed by atoms with van der Waals surface area (Å²) in [6, 6.07) is 5.90. The van der Waals surface area contributed by atoms with Gasteiger partial charge >= 0.3 is 0 Å². The van der Waals surface area contributed by atoms with E-state index in [0.717, 1.165) is 49.7 Å². The van der Waals surface area contributed by atoms with E-state index >= 15 is 0 Å². The van der Waals surface area contributed by atoms with Gasteiger partial charge in [-0.25, -0.2) is 4.98 Å². The molecular weight excluding hydrogens is 254 g/mol. The molecule has 108 valence electrons. The lowest BCUT2D eigenvalue weighted by Gasteiger charge is -2.32. The maximum atomic E-state index is 9.66. The normalized spacial score (nSPS) is 17.0. The van der Waals surface area contributed by atoms with E-state index in [9.17, 15) is 5.11 Å². The number of anilines is 1. The summed E-state index contributed by atoms with van der Waals surface area (Å²) >= 11 is 0. The summed E-state index contributed by atoms with van der Waals surface area (Å²) < 4.78 is 7.21. The summed E-state index contributed by atoms with van der Waals surface area (Å²) in [5.41, 5.74) is 1.77. The van der Waals surface area contributed by atoms with E-state index < -0.39 is 0 Å². The van der Waals surface area contributed by atoms with Gasteiger partial charge in [-0.15, -0.1) is 0 Å². The molecule has 1 N–H and O–H groups in total. The van der Waals surface area contributed by atoms with Crippen LogP contribution in [0.2, 0.25) is 0 Å². The van der Waals surface area contributed by atoms with E-state index in [0.29, 0.717) is 5.92 Å². The standard InChI is InChI=1S/C15H21N3O2/c1-20-11-12-5-8-17(9-6-12)15-13(10-19)18-7-3-2-4-14(18)16-15/h2-4,7,12,19H,5-6,8-11H2,1H3. The number of aliphatic hydroxyl groups is 1. The molecule has 0 saturated carbocycles. The summed E-state index contributed by atoms with van der Waals surface area (Å²) in [5, 5.41) is 9.66. The van der Waals surface area contributed by atoms with Crippen molar-refractivity contribution in [2.75, 3.05) is 31.7 Å². The molecule has 5 heteroatoms. The summed E-state index contributed by atoms with van der Waals surface area (Å²) in [6.45, 7) is 2.81. The number of methoxy groups -OCH3 is 1. The smallest absolute Gasteiger partial charge is 0.153 e. The van der Waals surface area contributed by atoms with E-state index in [4.69, 9.17) is 4.74 Å². The van der Waals surface area contributed by atoms with Gasteiger partial charge in [0.05, 0.1) is 12.3 Å². The van der Waals surface area contributed by atoms with Gasteiger partial charge < -0.3 is 14.7 Å². The quantitative estimate of drug-likeness (QED) is 0.922. The Morgan fingerprint density at radius 2 is 2.15 bits per heavy atom. The second kappa shape index (κ2) is 5.81. The van der Waals surface area contributed by atoms with Gasteiger partial charge in [0.1, 0.15) is 5.65 Å². The van der Waals surface area contributed by atoms with Crippen molar-refractivity contribution in [3.63, 3.8) is 0 Å². The van der Waals surface area contributed by atoms with Crippen molar-refractivity contribution >= 4 is 11.5 Å². The molecule has 0 radical (unpaired) electrons. The highest BCUT2D eigenvalue weighted by Gasteiger charge is 2.23. The fraction of sp³-hybridized carbons (Fsp3) is 0.533. The molecule has 0 bridgehead atoms. The van der Waals surface area contributed by atoms with E-state index in [2.05, 4.69) is 9.88 Å². The topological polar surface area (TPSA) is 50.0 Å². The van der Waals surface area contributed by atoms with Crippen LogP contribution in [-0.4, -0.2) is 41.3 Å². The van der Waals surface area contributed by atoms with E-state index in [1.54, 1.807) is 7.11 Å². The summed E-state index contributed by atoms with van der Waals surface area (Å²) in [4.78, 5) is 6.96. The number of hydrogen-bond donors (Lipinski definition) is 1. The highest BCUT2D eigenvalue weighted by atomic mass is 16.5. The molecular formula is C15H21N3O2. The summed E-state index contributed by atoms with van der Waals surface area (Å²) in [7, 11) is 1.76. The average molecular weight is 275 g/mol. The van der Waals surface area contributed by atoms with Crippen molar-refractivity contribution in [1.82, 2.24) is 9.38 Å². The molecule has 3 rings (SSSR count). The fourth-order valence-electron chi connectivity index (χ4n) is 2.98. The zero-order chi connectivity index (χ0) is 13.9. The molecule has 1 aliphatic heterocycles. The second-order valence-corrected chi connectivity index (χ2v) is 5.35. The van der Waals surface area contributed by atoms with Gasteiger partial charge in [0, 0.05) is 33.0 Å². The van der Waals surface area contributed by atoms with Gasteiger partial charge in [-0.05, 0) is 30.9 Å². The number of rotatable bonds is 4. The minimum atomic E-state index is 0.0124. The predicted molar refractivity (Wildman–Crippen MR) is 77.9 cm³/mol. The van der Waals surface area contributed by atoms with Gasteiger partial charge in [-0.2, -0.15) is 0 Å². The largest absolute Gasteiger partial charge is 0.390 e. The number of aromatic nitrogens is 2. The monoisotopic (exact) mass is 275 g/mol. The van der Waals surface area contributed by atoms with Crippen molar-refractivity contribution < 1.29 is 9.84 Å². The number of ether oxygens (including phenoxy) is 1. The summed E-state index contributed by atoms with van der Waals surface area (Å²) in [6.07, 6.45) is 4.19. The van der Waals surface area contributed by atoms with E-state index in [1.807, 2.05) is 28.8 Å². The molecule has 0 spiro atoms. The van der Waals surface area contributed by atoms with Crippen LogP contribution in [0.1, 0.15) is 18.5 Å². The fourth-order valence-corrected chi connectivity index (χ4v) is 2.98. The first kappa shape index (κ1) is 13.4. The second-order valence-electron chi connectivity index (χ2n) is 5.35. The Morgan fingerprint density at radius 1 is 1.35 bits per heavy atom. The van der Waals surface area contributed by atoms with Crippen molar-refractivity contribution in [3.8, 4) is 0 Å². The van der Waals surface area contributed by atoms with Crippen LogP contribution < -0.4 is 4.90 Å². The zero-order valence-electron chi connectivity index (χ0n) is 11.8. The number of piperidine rings is 1. The third-order valence-electron chi connectivity index (χ3n) is 4.07. The van der Waals surface area contributed by atoms with E-state index in [1.165, 1.54) is 0 Å². The molecule has 20 heavy (non-hydrogen) atoms. The van der Waals surface area contributed by atoms with Crippen LogP contribution in [0, 0.1) is 5.92 Å². The van der Waals surface area contributed by atoms with Gasteiger partial charge in [0.2, 0.25) is 0 Å². The van der Waals surface area contributed by atoms with E-state index in [-0.39, 0.29) is 6.61 Å². The van der Waals surface area contributed by atoms with Crippen LogP contribution in [0.4, 0.5) is 5.82 Å². The Kier molecular flexibility index (Phi) is 3.89.